The molecule has 1 aliphatic carbocycles. The van der Waals surface area contributed by atoms with Crippen LogP contribution in [0.2, 0.25) is 0 Å². The quantitative estimate of drug-likeness (QED) is 0.346. The average molecular weight is 473 g/mol. The molecule has 1 aliphatic heterocycles. The first-order valence-electron chi connectivity index (χ1n) is 11.2. The number of rotatable bonds is 4. The summed E-state index contributed by atoms with van der Waals surface area (Å²) in [5, 5.41) is 7.85. The monoisotopic (exact) mass is 473 g/mol. The molecule has 176 valence electrons. The number of anilines is 2. The second-order valence-electron chi connectivity index (χ2n) is 9.14. The molecule has 0 bridgehead atoms. The third kappa shape index (κ3) is 3.14. The van der Waals surface area contributed by atoms with Crippen molar-refractivity contribution in [3.05, 3.63) is 59.4 Å². The summed E-state index contributed by atoms with van der Waals surface area (Å²) in [7, 11) is 0. The summed E-state index contributed by atoms with van der Waals surface area (Å²) < 4.78 is 71.1. The lowest BCUT2D eigenvalue weighted by atomic mass is 9.90. The van der Waals surface area contributed by atoms with Gasteiger partial charge in [0.1, 0.15) is 12.1 Å². The zero-order valence-corrected chi connectivity index (χ0v) is 18.0. The van der Waals surface area contributed by atoms with Crippen LogP contribution in [0.3, 0.4) is 0 Å². The van der Waals surface area contributed by atoms with Gasteiger partial charge in [-0.25, -0.2) is 8.78 Å². The Morgan fingerprint density at radius 3 is 2.65 bits per heavy atom. The van der Waals surface area contributed by atoms with Crippen LogP contribution in [-0.4, -0.2) is 32.3 Å². The SMILES string of the molecule is Fc1ccc2c(c(N3CCCc4c(CCC5(C(F)(F)F)CC5)cccc43)nc3nncn32)c1F. The average Bonchev–Trinajstić information content (AvgIpc) is 3.48. The standard InChI is InChI=1S/C24H20F5N5/c25-16-6-7-18-19(20(16)26)21(31-22-32-30-13-34(18)22)33-12-2-4-15-14(3-1-5-17(15)33)8-9-23(10-11-23)24(27,28)29/h1,3,5-7,13H,2,4,8-12H2. The highest BCUT2D eigenvalue weighted by Gasteiger charge is 2.62. The molecule has 6 rings (SSSR count). The Morgan fingerprint density at radius 2 is 1.88 bits per heavy atom. The van der Waals surface area contributed by atoms with E-state index in [-0.39, 0.29) is 36.2 Å². The number of aryl methyl sites for hydroxylation is 1. The van der Waals surface area contributed by atoms with Crippen LogP contribution in [0, 0.1) is 17.0 Å². The van der Waals surface area contributed by atoms with E-state index in [2.05, 4.69) is 15.2 Å². The van der Waals surface area contributed by atoms with Crippen molar-refractivity contribution in [2.45, 2.75) is 44.7 Å². The number of nitrogens with zero attached hydrogens (tertiary/aromatic N) is 5. The molecule has 0 radical (unpaired) electrons. The van der Waals surface area contributed by atoms with E-state index in [0.717, 1.165) is 22.9 Å². The van der Waals surface area contributed by atoms with Gasteiger partial charge < -0.3 is 4.90 Å². The van der Waals surface area contributed by atoms with Crippen molar-refractivity contribution in [3.63, 3.8) is 0 Å². The van der Waals surface area contributed by atoms with Gasteiger partial charge in [0.2, 0.25) is 0 Å². The lowest BCUT2D eigenvalue weighted by molar-refractivity contribution is -0.188. The molecule has 0 spiro atoms. The van der Waals surface area contributed by atoms with Crippen molar-refractivity contribution in [3.8, 4) is 0 Å². The van der Waals surface area contributed by atoms with Gasteiger partial charge in [-0.3, -0.25) is 4.40 Å². The lowest BCUT2D eigenvalue weighted by Crippen LogP contribution is -2.28. The minimum absolute atomic E-state index is 0.0135. The molecule has 0 saturated heterocycles. The van der Waals surface area contributed by atoms with E-state index in [9.17, 15) is 17.6 Å². The molecule has 10 heteroatoms. The fourth-order valence-electron chi connectivity index (χ4n) is 5.13. The van der Waals surface area contributed by atoms with Gasteiger partial charge in [-0.15, -0.1) is 10.2 Å². The van der Waals surface area contributed by atoms with Crippen molar-refractivity contribution in [1.29, 1.82) is 0 Å². The van der Waals surface area contributed by atoms with Crippen LogP contribution in [0.1, 0.15) is 36.8 Å². The van der Waals surface area contributed by atoms with Crippen LogP contribution in [0.5, 0.6) is 0 Å². The first kappa shape index (κ1) is 21.2. The fraction of sp³-hybridized carbons (Fsp3) is 0.375. The number of hydrogen-bond acceptors (Lipinski definition) is 4. The Kier molecular flexibility index (Phi) is 4.59. The highest BCUT2D eigenvalue weighted by Crippen LogP contribution is 2.60. The maximum atomic E-state index is 15.1. The summed E-state index contributed by atoms with van der Waals surface area (Å²) in [4.78, 5) is 6.32. The normalized spacial score (nSPS) is 17.4. The van der Waals surface area contributed by atoms with Crippen molar-refractivity contribution in [2.75, 3.05) is 11.4 Å². The minimum atomic E-state index is -4.19. The van der Waals surface area contributed by atoms with Crippen LogP contribution in [0.25, 0.3) is 16.7 Å². The molecule has 34 heavy (non-hydrogen) atoms. The molecule has 2 aliphatic rings. The van der Waals surface area contributed by atoms with E-state index in [0.29, 0.717) is 31.3 Å². The Labute approximate surface area is 191 Å². The Balaban J connectivity index is 1.45. The van der Waals surface area contributed by atoms with E-state index in [1.54, 1.807) is 6.07 Å². The van der Waals surface area contributed by atoms with Crippen LogP contribution >= 0.6 is 0 Å². The van der Waals surface area contributed by atoms with Crippen LogP contribution < -0.4 is 4.90 Å². The number of halogens is 5. The number of fused-ring (bicyclic) bond motifs is 4. The number of alkyl halides is 3. The molecule has 0 N–H and O–H groups in total. The summed E-state index contributed by atoms with van der Waals surface area (Å²) >= 11 is 0. The highest BCUT2D eigenvalue weighted by molar-refractivity contribution is 5.94. The molecule has 4 aromatic rings. The Hall–Kier alpha value is -3.30. The van der Waals surface area contributed by atoms with Gasteiger partial charge in [0.25, 0.3) is 5.78 Å². The van der Waals surface area contributed by atoms with Gasteiger partial charge in [0.05, 0.1) is 16.3 Å². The molecule has 2 aromatic heterocycles. The van der Waals surface area contributed by atoms with Gasteiger partial charge in [0, 0.05) is 12.2 Å². The molecular weight excluding hydrogens is 453 g/mol. The predicted molar refractivity (Wildman–Crippen MR) is 116 cm³/mol. The zero-order chi connectivity index (χ0) is 23.7. The van der Waals surface area contributed by atoms with Gasteiger partial charge in [-0.2, -0.15) is 18.2 Å². The molecule has 0 amide bonds. The smallest absolute Gasteiger partial charge is 0.325 e. The van der Waals surface area contributed by atoms with Crippen molar-refractivity contribution >= 4 is 28.2 Å². The maximum absolute atomic E-state index is 15.1. The number of benzene rings is 2. The second-order valence-corrected chi connectivity index (χ2v) is 9.14. The summed E-state index contributed by atoms with van der Waals surface area (Å²) in [6.45, 7) is 0.505. The zero-order valence-electron chi connectivity index (χ0n) is 18.0. The number of aromatic nitrogens is 4. The van der Waals surface area contributed by atoms with Gasteiger partial charge in [0.15, 0.2) is 11.6 Å². The van der Waals surface area contributed by atoms with Crippen molar-refractivity contribution in [1.82, 2.24) is 19.6 Å². The molecule has 0 atom stereocenters. The molecule has 3 heterocycles. The van der Waals surface area contributed by atoms with E-state index in [4.69, 9.17) is 0 Å². The first-order chi connectivity index (χ1) is 16.3. The summed E-state index contributed by atoms with van der Waals surface area (Å²) in [6.07, 6.45) is -0.673. The van der Waals surface area contributed by atoms with Crippen molar-refractivity contribution in [2.24, 2.45) is 5.41 Å². The fourth-order valence-corrected chi connectivity index (χ4v) is 5.13. The van der Waals surface area contributed by atoms with E-state index in [1.807, 2.05) is 17.0 Å². The topological polar surface area (TPSA) is 46.3 Å². The van der Waals surface area contributed by atoms with E-state index >= 15 is 4.39 Å². The van der Waals surface area contributed by atoms with Crippen molar-refractivity contribution < 1.29 is 22.0 Å². The number of hydrogen-bond donors (Lipinski definition) is 0. The van der Waals surface area contributed by atoms with Crippen LogP contribution in [-0.2, 0) is 12.8 Å². The third-order valence-electron chi connectivity index (χ3n) is 7.22. The largest absolute Gasteiger partial charge is 0.394 e. The molecule has 0 unspecified atom stereocenters. The Morgan fingerprint density at radius 1 is 1.06 bits per heavy atom. The summed E-state index contributed by atoms with van der Waals surface area (Å²) in [5.41, 5.74) is 1.35. The molecule has 5 nitrogen and oxygen atoms in total. The molecular formula is C24H20F5N5. The van der Waals surface area contributed by atoms with E-state index in [1.165, 1.54) is 16.8 Å². The minimum Gasteiger partial charge on any atom is -0.325 e. The van der Waals surface area contributed by atoms with Gasteiger partial charge >= 0.3 is 6.18 Å². The van der Waals surface area contributed by atoms with Crippen LogP contribution in [0.15, 0.2) is 36.7 Å². The van der Waals surface area contributed by atoms with Gasteiger partial charge in [-0.05, 0) is 67.9 Å². The van der Waals surface area contributed by atoms with Crippen LogP contribution in [0.4, 0.5) is 33.5 Å². The maximum Gasteiger partial charge on any atom is 0.394 e. The molecule has 1 fully saturated rings. The summed E-state index contributed by atoms with van der Waals surface area (Å²) in [6, 6.07) is 8.03. The predicted octanol–water partition coefficient (Wildman–Crippen LogP) is 5.92. The highest BCUT2D eigenvalue weighted by atomic mass is 19.4. The summed E-state index contributed by atoms with van der Waals surface area (Å²) in [5.74, 6) is -1.53. The molecule has 1 saturated carbocycles. The van der Waals surface area contributed by atoms with Gasteiger partial charge in [-0.1, -0.05) is 12.1 Å². The van der Waals surface area contributed by atoms with E-state index < -0.39 is 23.2 Å². The molecule has 2 aromatic carbocycles. The Bertz CT molecular complexity index is 1420. The third-order valence-corrected chi connectivity index (χ3v) is 7.22. The second kappa shape index (κ2) is 7.35. The lowest BCUT2D eigenvalue weighted by Gasteiger charge is -2.33. The first-order valence-corrected chi connectivity index (χ1v) is 11.2.